The third-order valence-corrected chi connectivity index (χ3v) is 2.26. The quantitative estimate of drug-likeness (QED) is 0.750. The third kappa shape index (κ3) is 4.45. The van der Waals surface area contributed by atoms with Crippen molar-refractivity contribution in [2.75, 3.05) is 0 Å². The van der Waals surface area contributed by atoms with Gasteiger partial charge in [0.05, 0.1) is 0 Å². The van der Waals surface area contributed by atoms with E-state index in [9.17, 15) is 4.79 Å². The second-order valence-electron chi connectivity index (χ2n) is 3.88. The maximum atomic E-state index is 10.6. The van der Waals surface area contributed by atoms with Crippen molar-refractivity contribution in [2.24, 2.45) is 5.73 Å². The van der Waals surface area contributed by atoms with E-state index in [4.69, 9.17) is 5.73 Å². The number of nitrogens with two attached hydrogens (primary N) is 1. The molecule has 1 rings (SSSR count). The molecule has 0 radical (unpaired) electrons. The number of allylic oxidation sites excluding steroid dienone is 1. The fraction of sp³-hybridized carbons (Fsp3) is 0.308. The molecule has 0 aliphatic carbocycles. The summed E-state index contributed by atoms with van der Waals surface area (Å²) in [5.74, 6) is -0.271. The molecular formula is C13H17NO. The van der Waals surface area contributed by atoms with Gasteiger partial charge in [-0.1, -0.05) is 41.5 Å². The maximum absolute atomic E-state index is 10.6. The van der Waals surface area contributed by atoms with Crippen molar-refractivity contribution in [3.63, 3.8) is 0 Å². The van der Waals surface area contributed by atoms with Crippen LogP contribution in [0.4, 0.5) is 0 Å². The molecule has 0 atom stereocenters. The van der Waals surface area contributed by atoms with E-state index in [0.717, 1.165) is 12.0 Å². The number of amides is 1. The maximum Gasteiger partial charge on any atom is 0.221 e. The van der Waals surface area contributed by atoms with Gasteiger partial charge in [-0.3, -0.25) is 4.79 Å². The van der Waals surface area contributed by atoms with Crippen LogP contribution in [0.1, 0.15) is 24.5 Å². The highest BCUT2D eigenvalue weighted by molar-refractivity contribution is 5.76. The molecule has 0 saturated heterocycles. The third-order valence-electron chi connectivity index (χ3n) is 2.26. The zero-order chi connectivity index (χ0) is 11.3. The molecule has 0 unspecified atom stereocenters. The van der Waals surface area contributed by atoms with Crippen molar-refractivity contribution in [3.8, 4) is 0 Å². The first-order valence-corrected chi connectivity index (χ1v) is 5.07. The van der Waals surface area contributed by atoms with Crippen molar-refractivity contribution in [3.05, 3.63) is 47.0 Å². The molecule has 15 heavy (non-hydrogen) atoms. The Kier molecular flexibility index (Phi) is 4.10. The zero-order valence-electron chi connectivity index (χ0n) is 9.29. The monoisotopic (exact) mass is 203 g/mol. The van der Waals surface area contributed by atoms with Crippen molar-refractivity contribution >= 4 is 5.91 Å². The summed E-state index contributed by atoms with van der Waals surface area (Å²) < 4.78 is 0. The minimum Gasteiger partial charge on any atom is -0.369 e. The largest absolute Gasteiger partial charge is 0.369 e. The number of rotatable bonds is 4. The summed E-state index contributed by atoms with van der Waals surface area (Å²) in [6, 6.07) is 8.38. The summed E-state index contributed by atoms with van der Waals surface area (Å²) in [6.07, 6.45) is 3.26. The second-order valence-corrected chi connectivity index (χ2v) is 3.88. The van der Waals surface area contributed by atoms with Crippen LogP contribution in [-0.4, -0.2) is 5.91 Å². The molecular weight excluding hydrogens is 186 g/mol. The molecule has 1 aromatic rings. The van der Waals surface area contributed by atoms with Crippen LogP contribution in [0.15, 0.2) is 35.9 Å². The molecule has 0 saturated carbocycles. The predicted molar refractivity (Wildman–Crippen MR) is 62.5 cm³/mol. The second kappa shape index (κ2) is 5.35. The van der Waals surface area contributed by atoms with E-state index < -0.39 is 0 Å². The number of benzene rings is 1. The van der Waals surface area contributed by atoms with E-state index in [1.54, 1.807) is 0 Å². The first kappa shape index (κ1) is 11.5. The number of hydrogen-bond donors (Lipinski definition) is 1. The fourth-order valence-electron chi connectivity index (χ4n) is 1.36. The molecule has 80 valence electrons. The highest BCUT2D eigenvalue weighted by Gasteiger charge is 1.96. The van der Waals surface area contributed by atoms with Crippen LogP contribution >= 0.6 is 0 Å². The Balaban J connectivity index is 2.55. The van der Waals surface area contributed by atoms with E-state index in [1.165, 1.54) is 11.1 Å². The highest BCUT2D eigenvalue weighted by Crippen LogP contribution is 2.07. The van der Waals surface area contributed by atoms with Crippen molar-refractivity contribution in [1.82, 2.24) is 0 Å². The van der Waals surface area contributed by atoms with Crippen LogP contribution < -0.4 is 5.73 Å². The Morgan fingerprint density at radius 2 is 1.93 bits per heavy atom. The van der Waals surface area contributed by atoms with Crippen molar-refractivity contribution in [2.45, 2.75) is 26.7 Å². The van der Waals surface area contributed by atoms with Gasteiger partial charge in [0.1, 0.15) is 0 Å². The number of primary amides is 1. The topological polar surface area (TPSA) is 43.1 Å². The number of hydrogen-bond acceptors (Lipinski definition) is 1. The first-order chi connectivity index (χ1) is 7.08. The lowest BCUT2D eigenvalue weighted by atomic mass is 10.1. The van der Waals surface area contributed by atoms with Crippen molar-refractivity contribution < 1.29 is 4.79 Å². The SMILES string of the molecule is C/C(=C\Cc1ccc(C)cc1)CC(N)=O. The summed E-state index contributed by atoms with van der Waals surface area (Å²) >= 11 is 0. The average Bonchev–Trinajstić information content (AvgIpc) is 2.16. The molecule has 0 aliphatic rings. The molecule has 0 fully saturated rings. The minimum absolute atomic E-state index is 0.271. The van der Waals surface area contributed by atoms with E-state index >= 15 is 0 Å². The summed E-state index contributed by atoms with van der Waals surface area (Å²) in [7, 11) is 0. The van der Waals surface area contributed by atoms with Gasteiger partial charge in [-0.15, -0.1) is 0 Å². The minimum atomic E-state index is -0.271. The predicted octanol–water partition coefficient (Wildman–Crippen LogP) is 2.36. The highest BCUT2D eigenvalue weighted by atomic mass is 16.1. The van der Waals surface area contributed by atoms with Gasteiger partial charge in [0.2, 0.25) is 5.91 Å². The summed E-state index contributed by atoms with van der Waals surface area (Å²) in [5, 5.41) is 0. The van der Waals surface area contributed by atoms with Gasteiger partial charge in [0.15, 0.2) is 0 Å². The molecule has 0 heterocycles. The lowest BCUT2D eigenvalue weighted by Crippen LogP contribution is -2.10. The van der Waals surface area contributed by atoms with Crippen LogP contribution in [0.25, 0.3) is 0 Å². The molecule has 0 bridgehead atoms. The molecule has 0 aromatic heterocycles. The van der Waals surface area contributed by atoms with Crippen LogP contribution in [0.3, 0.4) is 0 Å². The number of carbonyl (C=O) groups excluding carboxylic acids is 1. The van der Waals surface area contributed by atoms with Gasteiger partial charge in [0, 0.05) is 6.42 Å². The molecule has 1 amide bonds. The number of carbonyl (C=O) groups is 1. The van der Waals surface area contributed by atoms with E-state index in [-0.39, 0.29) is 5.91 Å². The fourth-order valence-corrected chi connectivity index (χ4v) is 1.36. The molecule has 2 heteroatoms. The van der Waals surface area contributed by atoms with E-state index in [0.29, 0.717) is 6.42 Å². The number of aryl methyl sites for hydroxylation is 1. The summed E-state index contributed by atoms with van der Waals surface area (Å²) in [5.41, 5.74) is 8.65. The van der Waals surface area contributed by atoms with Crippen LogP contribution in [0.5, 0.6) is 0 Å². The Labute approximate surface area is 90.8 Å². The van der Waals surface area contributed by atoms with Crippen LogP contribution in [-0.2, 0) is 11.2 Å². The van der Waals surface area contributed by atoms with Gasteiger partial charge in [-0.2, -0.15) is 0 Å². The molecule has 0 spiro atoms. The molecule has 1 aromatic carbocycles. The Bertz CT molecular complexity index is 363. The molecule has 0 aliphatic heterocycles. The van der Waals surface area contributed by atoms with E-state index in [1.807, 2.05) is 6.92 Å². The smallest absolute Gasteiger partial charge is 0.221 e. The Hall–Kier alpha value is -1.57. The lowest BCUT2D eigenvalue weighted by Gasteiger charge is -2.00. The standard InChI is InChI=1S/C13H17NO/c1-10-3-6-12(7-4-10)8-5-11(2)9-13(14)15/h3-7H,8-9H2,1-2H3,(H2,14,15)/b11-5+. The molecule has 2 N–H and O–H groups in total. The van der Waals surface area contributed by atoms with Gasteiger partial charge in [-0.05, 0) is 25.8 Å². The van der Waals surface area contributed by atoms with E-state index in [2.05, 4.69) is 37.3 Å². The first-order valence-electron chi connectivity index (χ1n) is 5.07. The normalized spacial score (nSPS) is 11.5. The van der Waals surface area contributed by atoms with Crippen LogP contribution in [0, 0.1) is 6.92 Å². The zero-order valence-corrected chi connectivity index (χ0v) is 9.29. The Morgan fingerprint density at radius 1 is 1.33 bits per heavy atom. The molecule has 2 nitrogen and oxygen atoms in total. The van der Waals surface area contributed by atoms with Gasteiger partial charge >= 0.3 is 0 Å². The van der Waals surface area contributed by atoms with Gasteiger partial charge < -0.3 is 5.73 Å². The van der Waals surface area contributed by atoms with Crippen LogP contribution in [0.2, 0.25) is 0 Å². The van der Waals surface area contributed by atoms with Crippen molar-refractivity contribution in [1.29, 1.82) is 0 Å². The van der Waals surface area contributed by atoms with Gasteiger partial charge in [-0.25, -0.2) is 0 Å². The average molecular weight is 203 g/mol. The summed E-state index contributed by atoms with van der Waals surface area (Å²) in [4.78, 5) is 10.6. The van der Waals surface area contributed by atoms with Gasteiger partial charge in [0.25, 0.3) is 0 Å². The lowest BCUT2D eigenvalue weighted by molar-refractivity contribution is -0.117. The summed E-state index contributed by atoms with van der Waals surface area (Å²) in [6.45, 7) is 4.00. The Morgan fingerprint density at radius 3 is 2.47 bits per heavy atom.